The van der Waals surface area contributed by atoms with Crippen LogP contribution in [-0.2, 0) is 13.0 Å². The first-order valence-electron chi connectivity index (χ1n) is 11.2. The topological polar surface area (TPSA) is 66.3 Å². The Kier molecular flexibility index (Phi) is 6.09. The Labute approximate surface area is 179 Å². The normalized spacial score (nSPS) is 18.4. The number of rotatable bonds is 3. The number of urea groups is 1. The molecule has 2 aliphatic rings. The molecule has 4 rings (SSSR count). The zero-order valence-electron chi connectivity index (χ0n) is 18.7. The molecule has 0 bridgehead atoms. The molecule has 2 aliphatic heterocycles. The number of benzene rings is 1. The van der Waals surface area contributed by atoms with Crippen molar-refractivity contribution in [2.24, 2.45) is 0 Å². The summed E-state index contributed by atoms with van der Waals surface area (Å²) in [6.07, 6.45) is 2.83. The van der Waals surface area contributed by atoms with Gasteiger partial charge in [-0.15, -0.1) is 10.2 Å². The molecule has 0 atom stereocenters. The number of anilines is 1. The van der Waals surface area contributed by atoms with Gasteiger partial charge in [0.15, 0.2) is 0 Å². The van der Waals surface area contributed by atoms with Gasteiger partial charge in [-0.25, -0.2) is 4.79 Å². The molecule has 0 unspecified atom stereocenters. The molecule has 7 nitrogen and oxygen atoms in total. The van der Waals surface area contributed by atoms with E-state index in [0.717, 1.165) is 69.3 Å². The predicted molar refractivity (Wildman–Crippen MR) is 119 cm³/mol. The minimum Gasteiger partial charge on any atom is -0.324 e. The Morgan fingerprint density at radius 3 is 2.50 bits per heavy atom. The number of nitrogens with zero attached hydrogens (tertiary/aromatic N) is 5. The van der Waals surface area contributed by atoms with Crippen LogP contribution in [0.1, 0.15) is 55.4 Å². The Balaban J connectivity index is 1.36. The van der Waals surface area contributed by atoms with Crippen LogP contribution in [0.15, 0.2) is 18.2 Å². The van der Waals surface area contributed by atoms with E-state index in [2.05, 4.69) is 58.7 Å². The fourth-order valence-electron chi connectivity index (χ4n) is 4.54. The molecule has 0 aliphatic carbocycles. The van der Waals surface area contributed by atoms with E-state index in [9.17, 15) is 4.79 Å². The quantitative estimate of drug-likeness (QED) is 0.840. The molecule has 7 heteroatoms. The molecular weight excluding hydrogens is 376 g/mol. The lowest BCUT2D eigenvalue weighted by atomic mass is 9.96. The molecule has 2 amide bonds. The van der Waals surface area contributed by atoms with Gasteiger partial charge in [-0.2, -0.15) is 0 Å². The van der Waals surface area contributed by atoms with Crippen molar-refractivity contribution in [3.63, 3.8) is 0 Å². The van der Waals surface area contributed by atoms with Crippen LogP contribution in [-0.4, -0.2) is 62.8 Å². The lowest BCUT2D eigenvalue weighted by Gasteiger charge is -2.32. The monoisotopic (exact) mass is 410 g/mol. The fourth-order valence-corrected chi connectivity index (χ4v) is 4.54. The average molecular weight is 411 g/mol. The van der Waals surface area contributed by atoms with Crippen molar-refractivity contribution >= 4 is 11.7 Å². The van der Waals surface area contributed by atoms with E-state index in [1.165, 1.54) is 11.1 Å². The van der Waals surface area contributed by atoms with Crippen LogP contribution >= 0.6 is 0 Å². The minimum atomic E-state index is -0.00986. The third-order valence-corrected chi connectivity index (χ3v) is 6.73. The summed E-state index contributed by atoms with van der Waals surface area (Å²) in [6.45, 7) is 13.2. The second-order valence-electron chi connectivity index (χ2n) is 9.00. The van der Waals surface area contributed by atoms with Gasteiger partial charge in [-0.05, 0) is 63.8 Å². The van der Waals surface area contributed by atoms with Crippen molar-refractivity contribution in [3.05, 3.63) is 41.0 Å². The molecule has 0 radical (unpaired) electrons. The van der Waals surface area contributed by atoms with Crippen LogP contribution in [0.2, 0.25) is 0 Å². The van der Waals surface area contributed by atoms with Gasteiger partial charge in [-0.1, -0.05) is 6.07 Å². The largest absolute Gasteiger partial charge is 0.324 e. The number of likely N-dealkylation sites (tertiary alicyclic amines) is 1. The lowest BCUT2D eigenvalue weighted by molar-refractivity contribution is 0.192. The van der Waals surface area contributed by atoms with Crippen LogP contribution in [0.4, 0.5) is 10.5 Å². The van der Waals surface area contributed by atoms with Crippen LogP contribution < -0.4 is 5.32 Å². The Hall–Kier alpha value is -2.41. The van der Waals surface area contributed by atoms with Crippen molar-refractivity contribution in [2.75, 3.05) is 31.5 Å². The van der Waals surface area contributed by atoms with E-state index in [-0.39, 0.29) is 6.03 Å². The van der Waals surface area contributed by atoms with Crippen molar-refractivity contribution in [2.45, 2.75) is 65.5 Å². The van der Waals surface area contributed by atoms with Gasteiger partial charge in [0.1, 0.15) is 11.6 Å². The number of carbonyl (C=O) groups excluding carboxylic acids is 1. The van der Waals surface area contributed by atoms with Gasteiger partial charge < -0.3 is 14.8 Å². The zero-order valence-corrected chi connectivity index (χ0v) is 18.7. The molecule has 30 heavy (non-hydrogen) atoms. The highest BCUT2D eigenvalue weighted by molar-refractivity contribution is 5.89. The minimum absolute atomic E-state index is 0.00986. The maximum atomic E-state index is 12.7. The van der Waals surface area contributed by atoms with Crippen LogP contribution in [0.5, 0.6) is 0 Å². The molecule has 0 saturated carbocycles. The molecular formula is C23H34N6O. The van der Waals surface area contributed by atoms with Gasteiger partial charge in [0.2, 0.25) is 0 Å². The highest BCUT2D eigenvalue weighted by Crippen LogP contribution is 2.28. The van der Waals surface area contributed by atoms with Gasteiger partial charge in [0.05, 0.1) is 0 Å². The summed E-state index contributed by atoms with van der Waals surface area (Å²) in [5.74, 6) is 2.61. The Morgan fingerprint density at radius 1 is 1.03 bits per heavy atom. The van der Waals surface area contributed by atoms with E-state index in [4.69, 9.17) is 0 Å². The first kappa shape index (κ1) is 20.8. The zero-order chi connectivity index (χ0) is 21.3. The van der Waals surface area contributed by atoms with Gasteiger partial charge in [0, 0.05) is 56.8 Å². The Bertz CT molecular complexity index is 897. The van der Waals surface area contributed by atoms with E-state index >= 15 is 0 Å². The van der Waals surface area contributed by atoms with Gasteiger partial charge in [0.25, 0.3) is 0 Å². The molecule has 1 aromatic heterocycles. The average Bonchev–Trinajstić information content (AvgIpc) is 3.01. The van der Waals surface area contributed by atoms with Gasteiger partial charge in [-0.3, -0.25) is 4.90 Å². The van der Waals surface area contributed by atoms with Crippen molar-refractivity contribution in [1.82, 2.24) is 24.6 Å². The highest BCUT2D eigenvalue weighted by atomic mass is 16.2. The summed E-state index contributed by atoms with van der Waals surface area (Å²) >= 11 is 0. The Morgan fingerprint density at radius 2 is 1.80 bits per heavy atom. The number of hydrogen-bond donors (Lipinski definition) is 1. The number of aryl methyl sites for hydroxylation is 2. The second-order valence-corrected chi connectivity index (χ2v) is 9.00. The van der Waals surface area contributed by atoms with E-state index in [0.29, 0.717) is 12.0 Å². The molecule has 1 saturated heterocycles. The van der Waals surface area contributed by atoms with Crippen LogP contribution in [0, 0.1) is 13.8 Å². The number of aromatic nitrogens is 3. The summed E-state index contributed by atoms with van der Waals surface area (Å²) in [4.78, 5) is 17.1. The van der Waals surface area contributed by atoms with Crippen molar-refractivity contribution in [1.29, 1.82) is 0 Å². The predicted octanol–water partition coefficient (Wildman–Crippen LogP) is 3.57. The number of fused-ring (bicyclic) bond motifs is 1. The third kappa shape index (κ3) is 4.36. The first-order valence-corrected chi connectivity index (χ1v) is 11.2. The maximum Gasteiger partial charge on any atom is 0.321 e. The van der Waals surface area contributed by atoms with Crippen molar-refractivity contribution < 1.29 is 4.79 Å². The van der Waals surface area contributed by atoms with Crippen molar-refractivity contribution in [3.8, 4) is 0 Å². The van der Waals surface area contributed by atoms with E-state index in [1.807, 2.05) is 17.0 Å². The number of amides is 2. The summed E-state index contributed by atoms with van der Waals surface area (Å²) in [6, 6.07) is 6.61. The fraction of sp³-hybridized carbons (Fsp3) is 0.609. The van der Waals surface area contributed by atoms with E-state index < -0.39 is 0 Å². The summed E-state index contributed by atoms with van der Waals surface area (Å²) in [5, 5.41) is 12.1. The molecule has 1 fully saturated rings. The first-order chi connectivity index (χ1) is 14.4. The smallest absolute Gasteiger partial charge is 0.321 e. The number of carbonyl (C=O) groups is 1. The molecule has 0 spiro atoms. The summed E-state index contributed by atoms with van der Waals surface area (Å²) < 4.78 is 2.35. The van der Waals surface area contributed by atoms with Gasteiger partial charge >= 0.3 is 6.03 Å². The second kappa shape index (κ2) is 8.76. The van der Waals surface area contributed by atoms with Crippen LogP contribution in [0.25, 0.3) is 0 Å². The summed E-state index contributed by atoms with van der Waals surface area (Å²) in [7, 11) is 0. The molecule has 1 N–H and O–H groups in total. The SMILES string of the molecule is Cc1ccc(NC(=O)N2CCC(c3nnc4n3CCN(C(C)C)CC4)CC2)cc1C. The highest BCUT2D eigenvalue weighted by Gasteiger charge is 2.29. The molecule has 3 heterocycles. The number of hydrogen-bond acceptors (Lipinski definition) is 4. The number of piperidine rings is 1. The summed E-state index contributed by atoms with van der Waals surface area (Å²) in [5.41, 5.74) is 3.29. The third-order valence-electron chi connectivity index (χ3n) is 6.73. The maximum absolute atomic E-state index is 12.7. The standard InChI is InChI=1S/C23H34N6O/c1-16(2)27-12-9-21-25-26-22(29(21)14-13-27)19-7-10-28(11-8-19)23(30)24-20-6-5-17(3)18(4)15-20/h5-6,15-16,19H,7-14H2,1-4H3,(H,24,30). The van der Waals surface area contributed by atoms with Crippen LogP contribution in [0.3, 0.4) is 0 Å². The molecule has 1 aromatic carbocycles. The molecule has 162 valence electrons. The molecule has 2 aromatic rings. The number of nitrogens with one attached hydrogen (secondary N) is 1. The lowest BCUT2D eigenvalue weighted by Crippen LogP contribution is -2.41. The van der Waals surface area contributed by atoms with E-state index in [1.54, 1.807) is 0 Å².